The standard InChI is InChI=1S/C34H50O6/c1-5-25-9-14-27(15-10-25)28-16-18-29(19-17-28)32(36)40-30-20-11-26(12-21-30)13-22-31(35)38-23-7-8-24-39-33(37)34(3,4)6-2/h11-13,20-22,25,27-29H,5-10,14-19,23-24H2,1-4H3/b22-13+. The van der Waals surface area contributed by atoms with Crippen molar-refractivity contribution in [3.63, 3.8) is 0 Å². The van der Waals surface area contributed by atoms with Crippen LogP contribution >= 0.6 is 0 Å². The monoisotopic (exact) mass is 554 g/mol. The molecule has 1 aromatic carbocycles. The molecule has 0 atom stereocenters. The number of benzene rings is 1. The number of esters is 3. The van der Waals surface area contributed by atoms with Gasteiger partial charge in [0.1, 0.15) is 5.75 Å². The van der Waals surface area contributed by atoms with Gasteiger partial charge in [0.2, 0.25) is 0 Å². The predicted octanol–water partition coefficient (Wildman–Crippen LogP) is 7.93. The average Bonchev–Trinajstić information content (AvgIpc) is 2.98. The van der Waals surface area contributed by atoms with Gasteiger partial charge in [-0.1, -0.05) is 45.2 Å². The third-order valence-electron chi connectivity index (χ3n) is 9.20. The van der Waals surface area contributed by atoms with Crippen molar-refractivity contribution in [2.75, 3.05) is 13.2 Å². The van der Waals surface area contributed by atoms with Crippen molar-refractivity contribution in [1.29, 1.82) is 0 Å². The van der Waals surface area contributed by atoms with Crippen LogP contribution in [0.4, 0.5) is 0 Å². The Morgan fingerprint density at radius 1 is 0.825 bits per heavy atom. The molecule has 0 saturated heterocycles. The van der Waals surface area contributed by atoms with Crippen molar-refractivity contribution in [1.82, 2.24) is 0 Å². The summed E-state index contributed by atoms with van der Waals surface area (Å²) in [6, 6.07) is 7.17. The number of hydrogen-bond donors (Lipinski definition) is 0. The highest BCUT2D eigenvalue weighted by atomic mass is 16.5. The van der Waals surface area contributed by atoms with Crippen LogP contribution in [-0.4, -0.2) is 31.1 Å². The highest BCUT2D eigenvalue weighted by molar-refractivity contribution is 5.87. The Labute approximate surface area is 241 Å². The molecule has 2 saturated carbocycles. The van der Waals surface area contributed by atoms with E-state index in [2.05, 4.69) is 6.92 Å². The first-order chi connectivity index (χ1) is 19.2. The first-order valence-electron chi connectivity index (χ1n) is 15.6. The molecule has 0 bridgehead atoms. The Hall–Kier alpha value is -2.63. The third-order valence-corrected chi connectivity index (χ3v) is 9.20. The molecule has 6 nitrogen and oxygen atoms in total. The van der Waals surface area contributed by atoms with Gasteiger partial charge in [-0.3, -0.25) is 9.59 Å². The Balaban J connectivity index is 1.30. The molecule has 0 heterocycles. The molecule has 2 aliphatic rings. The van der Waals surface area contributed by atoms with Crippen molar-refractivity contribution in [3.05, 3.63) is 35.9 Å². The fraction of sp³-hybridized carbons (Fsp3) is 0.676. The van der Waals surface area contributed by atoms with E-state index in [1.54, 1.807) is 18.2 Å². The van der Waals surface area contributed by atoms with E-state index >= 15 is 0 Å². The average molecular weight is 555 g/mol. The summed E-state index contributed by atoms with van der Waals surface area (Å²) >= 11 is 0. The van der Waals surface area contributed by atoms with E-state index in [0.717, 1.165) is 55.4 Å². The topological polar surface area (TPSA) is 78.9 Å². The molecule has 0 unspecified atom stereocenters. The first-order valence-corrected chi connectivity index (χ1v) is 15.6. The van der Waals surface area contributed by atoms with Crippen molar-refractivity contribution in [2.24, 2.45) is 29.1 Å². The lowest BCUT2D eigenvalue weighted by atomic mass is 9.69. The van der Waals surface area contributed by atoms with Crippen LogP contribution in [0.1, 0.15) is 110 Å². The van der Waals surface area contributed by atoms with Gasteiger partial charge in [-0.2, -0.15) is 0 Å². The minimum absolute atomic E-state index is 0.00666. The maximum Gasteiger partial charge on any atom is 0.330 e. The summed E-state index contributed by atoms with van der Waals surface area (Å²) in [5.74, 6) is 2.35. The number of ether oxygens (including phenoxy) is 3. The highest BCUT2D eigenvalue weighted by Crippen LogP contribution is 2.42. The summed E-state index contributed by atoms with van der Waals surface area (Å²) in [4.78, 5) is 36.7. The summed E-state index contributed by atoms with van der Waals surface area (Å²) in [5, 5.41) is 0. The normalized spacial score (nSPS) is 23.5. The minimum atomic E-state index is -0.469. The highest BCUT2D eigenvalue weighted by Gasteiger charge is 2.33. The van der Waals surface area contributed by atoms with E-state index in [4.69, 9.17) is 14.2 Å². The number of carbonyl (C=O) groups excluding carboxylic acids is 3. The molecule has 3 rings (SSSR count). The van der Waals surface area contributed by atoms with Crippen LogP contribution in [0.15, 0.2) is 30.3 Å². The lowest BCUT2D eigenvalue weighted by molar-refractivity contribution is -0.154. The van der Waals surface area contributed by atoms with Crippen LogP contribution in [0.25, 0.3) is 6.08 Å². The zero-order valence-electron chi connectivity index (χ0n) is 25.1. The predicted molar refractivity (Wildman–Crippen MR) is 158 cm³/mol. The van der Waals surface area contributed by atoms with Gasteiger partial charge in [0.15, 0.2) is 0 Å². The molecule has 6 heteroatoms. The van der Waals surface area contributed by atoms with E-state index in [0.29, 0.717) is 25.2 Å². The Morgan fingerprint density at radius 2 is 1.40 bits per heavy atom. The van der Waals surface area contributed by atoms with Gasteiger partial charge in [0.05, 0.1) is 24.5 Å². The molecule has 0 N–H and O–H groups in total. The van der Waals surface area contributed by atoms with E-state index in [9.17, 15) is 14.4 Å². The van der Waals surface area contributed by atoms with Gasteiger partial charge in [-0.15, -0.1) is 0 Å². The molecular weight excluding hydrogens is 504 g/mol. The maximum atomic E-state index is 12.8. The van der Waals surface area contributed by atoms with Crippen LogP contribution in [-0.2, 0) is 23.9 Å². The molecule has 0 radical (unpaired) electrons. The summed E-state index contributed by atoms with van der Waals surface area (Å²) in [6.45, 7) is 8.61. The lowest BCUT2D eigenvalue weighted by Gasteiger charge is -2.37. The zero-order chi connectivity index (χ0) is 29.0. The van der Waals surface area contributed by atoms with Crippen molar-refractivity contribution in [3.8, 4) is 5.75 Å². The second kappa shape index (κ2) is 16.0. The number of hydrogen-bond acceptors (Lipinski definition) is 6. The van der Waals surface area contributed by atoms with Crippen molar-refractivity contribution in [2.45, 2.75) is 105 Å². The second-order valence-corrected chi connectivity index (χ2v) is 12.4. The molecule has 222 valence electrons. The second-order valence-electron chi connectivity index (χ2n) is 12.4. The molecule has 2 aliphatic carbocycles. The van der Waals surface area contributed by atoms with Gasteiger partial charge < -0.3 is 14.2 Å². The zero-order valence-corrected chi connectivity index (χ0v) is 25.1. The summed E-state index contributed by atoms with van der Waals surface area (Å²) < 4.78 is 16.2. The summed E-state index contributed by atoms with van der Waals surface area (Å²) in [7, 11) is 0. The molecule has 0 spiro atoms. The number of unbranched alkanes of at least 4 members (excludes halogenated alkanes) is 1. The Kier molecular flexibility index (Phi) is 12.7. The molecule has 0 aromatic heterocycles. The fourth-order valence-corrected chi connectivity index (χ4v) is 5.83. The largest absolute Gasteiger partial charge is 0.465 e. The van der Waals surface area contributed by atoms with E-state index in [1.165, 1.54) is 38.2 Å². The fourth-order valence-electron chi connectivity index (χ4n) is 5.83. The van der Waals surface area contributed by atoms with E-state index in [1.807, 2.05) is 32.9 Å². The molecule has 40 heavy (non-hydrogen) atoms. The van der Waals surface area contributed by atoms with Gasteiger partial charge in [0.25, 0.3) is 0 Å². The molecule has 0 amide bonds. The van der Waals surface area contributed by atoms with E-state index in [-0.39, 0.29) is 24.5 Å². The first kappa shape index (κ1) is 31.9. The molecule has 2 fully saturated rings. The third kappa shape index (κ3) is 10.1. The Bertz CT molecular complexity index is 963. The lowest BCUT2D eigenvalue weighted by Crippen LogP contribution is -2.30. The molecule has 1 aromatic rings. The van der Waals surface area contributed by atoms with Crippen LogP contribution < -0.4 is 4.74 Å². The van der Waals surface area contributed by atoms with Crippen LogP contribution in [0, 0.1) is 29.1 Å². The van der Waals surface area contributed by atoms with Gasteiger partial charge >= 0.3 is 17.9 Å². The maximum absolute atomic E-state index is 12.8. The molecular formula is C34H50O6. The van der Waals surface area contributed by atoms with Crippen molar-refractivity contribution >= 4 is 24.0 Å². The van der Waals surface area contributed by atoms with Gasteiger partial charge in [-0.05, 0) is 113 Å². The van der Waals surface area contributed by atoms with Crippen molar-refractivity contribution < 1.29 is 28.6 Å². The Morgan fingerprint density at radius 3 is 1.98 bits per heavy atom. The van der Waals surface area contributed by atoms with Gasteiger partial charge in [0, 0.05) is 6.08 Å². The smallest absolute Gasteiger partial charge is 0.330 e. The number of carbonyl (C=O) groups is 3. The van der Waals surface area contributed by atoms with Crippen LogP contribution in [0.3, 0.4) is 0 Å². The van der Waals surface area contributed by atoms with Crippen LogP contribution in [0.5, 0.6) is 5.75 Å². The number of rotatable bonds is 13. The van der Waals surface area contributed by atoms with Gasteiger partial charge in [-0.25, -0.2) is 4.79 Å². The van der Waals surface area contributed by atoms with E-state index < -0.39 is 11.4 Å². The van der Waals surface area contributed by atoms with Crippen LogP contribution in [0.2, 0.25) is 0 Å². The summed E-state index contributed by atoms with van der Waals surface area (Å²) in [5.41, 5.74) is 0.351. The summed E-state index contributed by atoms with van der Waals surface area (Å²) in [6.07, 6.45) is 16.0. The minimum Gasteiger partial charge on any atom is -0.465 e. The molecule has 0 aliphatic heterocycles. The quantitative estimate of drug-likeness (QED) is 0.107. The SMILES string of the molecule is CCC1CCC(C2CCC(C(=O)Oc3ccc(/C=C/C(=O)OCCCCOC(=O)C(C)(C)CC)cc3)CC2)CC1.